The van der Waals surface area contributed by atoms with Gasteiger partial charge in [-0.1, -0.05) is 43.1 Å². The summed E-state index contributed by atoms with van der Waals surface area (Å²) in [6.45, 7) is 6.61. The smallest absolute Gasteiger partial charge is 0.223 e. The van der Waals surface area contributed by atoms with Crippen molar-refractivity contribution in [1.29, 1.82) is 0 Å². The number of carbonyl (C=O) groups excluding carboxylic acids is 1. The van der Waals surface area contributed by atoms with Crippen LogP contribution >= 0.6 is 15.9 Å². The van der Waals surface area contributed by atoms with E-state index in [1.807, 2.05) is 0 Å². The Kier molecular flexibility index (Phi) is 3.86. The van der Waals surface area contributed by atoms with Crippen LogP contribution in [0.25, 0.3) is 0 Å². The number of fused-ring (bicyclic) bond motifs is 1. The molecule has 3 unspecified atom stereocenters. The largest absolute Gasteiger partial charge is 0.353 e. The van der Waals surface area contributed by atoms with E-state index in [-0.39, 0.29) is 11.5 Å². The second-order valence-corrected chi connectivity index (χ2v) is 7.48. The second kappa shape index (κ2) is 4.91. The summed E-state index contributed by atoms with van der Waals surface area (Å²) in [5.74, 6) is 2.11. The fourth-order valence-corrected chi connectivity index (χ4v) is 3.77. The van der Waals surface area contributed by atoms with Crippen LogP contribution in [0.5, 0.6) is 0 Å². The van der Waals surface area contributed by atoms with Crippen molar-refractivity contribution in [3.8, 4) is 0 Å². The number of amides is 1. The summed E-state index contributed by atoms with van der Waals surface area (Å²) in [7, 11) is 0. The van der Waals surface area contributed by atoms with E-state index in [0.29, 0.717) is 11.8 Å². The first kappa shape index (κ1) is 13.4. The summed E-state index contributed by atoms with van der Waals surface area (Å²) in [5.41, 5.74) is 0.146. The van der Waals surface area contributed by atoms with Crippen LogP contribution in [0, 0.1) is 23.2 Å². The molecule has 0 heterocycles. The van der Waals surface area contributed by atoms with Crippen LogP contribution in [0.4, 0.5) is 0 Å². The molecule has 2 rings (SSSR count). The SMILES string of the molecule is CC(C)(C)C(CCBr)NC(=O)C1C2CCCC21. The number of hydrogen-bond acceptors (Lipinski definition) is 1. The topological polar surface area (TPSA) is 29.1 Å². The van der Waals surface area contributed by atoms with E-state index in [1.54, 1.807) is 0 Å². The standard InChI is InChI=1S/C14H24BrNO/c1-14(2,3)11(7-8-15)16-13(17)12-9-5-4-6-10(9)12/h9-12H,4-8H2,1-3H3,(H,16,17). The Morgan fingerprint density at radius 3 is 2.41 bits per heavy atom. The lowest BCUT2D eigenvalue weighted by atomic mass is 9.85. The monoisotopic (exact) mass is 301 g/mol. The fraction of sp³-hybridized carbons (Fsp3) is 0.929. The molecular weight excluding hydrogens is 278 g/mol. The minimum absolute atomic E-state index is 0.146. The average molecular weight is 302 g/mol. The third-order valence-electron chi connectivity index (χ3n) is 4.47. The molecule has 0 saturated heterocycles. The third-order valence-corrected chi connectivity index (χ3v) is 4.93. The molecule has 0 bridgehead atoms. The molecule has 0 aromatic rings. The van der Waals surface area contributed by atoms with E-state index in [0.717, 1.165) is 23.6 Å². The number of hydrogen-bond donors (Lipinski definition) is 1. The van der Waals surface area contributed by atoms with Gasteiger partial charge in [0.15, 0.2) is 0 Å². The van der Waals surface area contributed by atoms with Crippen LogP contribution in [0.1, 0.15) is 46.5 Å². The first-order valence-corrected chi connectivity index (χ1v) is 7.93. The summed E-state index contributed by atoms with van der Waals surface area (Å²) in [6, 6.07) is 0.288. The fourth-order valence-electron chi connectivity index (χ4n) is 3.31. The van der Waals surface area contributed by atoms with Gasteiger partial charge in [0.1, 0.15) is 0 Å². The van der Waals surface area contributed by atoms with Crippen molar-refractivity contribution in [2.24, 2.45) is 23.2 Å². The van der Waals surface area contributed by atoms with Crippen LogP contribution in [-0.4, -0.2) is 17.3 Å². The van der Waals surface area contributed by atoms with Crippen LogP contribution in [0.2, 0.25) is 0 Å². The molecule has 0 radical (unpaired) electrons. The third kappa shape index (κ3) is 2.86. The first-order chi connectivity index (χ1) is 7.95. The molecule has 2 nitrogen and oxygen atoms in total. The quantitative estimate of drug-likeness (QED) is 0.793. The summed E-state index contributed by atoms with van der Waals surface area (Å²) >= 11 is 3.48. The zero-order valence-electron chi connectivity index (χ0n) is 11.1. The van der Waals surface area contributed by atoms with Gasteiger partial charge in [-0.2, -0.15) is 0 Å². The van der Waals surface area contributed by atoms with Crippen molar-refractivity contribution in [1.82, 2.24) is 5.32 Å². The van der Waals surface area contributed by atoms with Gasteiger partial charge in [-0.05, 0) is 36.5 Å². The minimum Gasteiger partial charge on any atom is -0.353 e. The molecule has 1 amide bonds. The van der Waals surface area contributed by atoms with Crippen LogP contribution in [0.3, 0.4) is 0 Å². The molecule has 0 aromatic heterocycles. The van der Waals surface area contributed by atoms with E-state index in [9.17, 15) is 4.79 Å². The summed E-state index contributed by atoms with van der Waals surface area (Å²) in [6.07, 6.45) is 4.91. The maximum atomic E-state index is 12.2. The highest BCUT2D eigenvalue weighted by Crippen LogP contribution is 2.57. The molecule has 1 N–H and O–H groups in total. The molecule has 0 aromatic carbocycles. The Hall–Kier alpha value is -0.0500. The maximum absolute atomic E-state index is 12.2. The van der Waals surface area contributed by atoms with Gasteiger partial charge in [0.25, 0.3) is 0 Å². The molecule has 0 spiro atoms. The van der Waals surface area contributed by atoms with E-state index >= 15 is 0 Å². The summed E-state index contributed by atoms with van der Waals surface area (Å²) in [5, 5.41) is 4.23. The van der Waals surface area contributed by atoms with Gasteiger partial charge in [-0.25, -0.2) is 0 Å². The molecule has 3 heteroatoms. The van der Waals surface area contributed by atoms with Gasteiger partial charge >= 0.3 is 0 Å². The van der Waals surface area contributed by atoms with Crippen LogP contribution in [0.15, 0.2) is 0 Å². The number of rotatable bonds is 4. The Labute approximate surface area is 113 Å². The van der Waals surface area contributed by atoms with Crippen molar-refractivity contribution in [2.45, 2.75) is 52.5 Å². The highest BCUT2D eigenvalue weighted by Gasteiger charge is 2.56. The predicted octanol–water partition coefficient (Wildman–Crippen LogP) is 3.35. The van der Waals surface area contributed by atoms with E-state index < -0.39 is 0 Å². The molecule has 2 fully saturated rings. The Balaban J connectivity index is 1.88. The van der Waals surface area contributed by atoms with Crippen molar-refractivity contribution in [3.05, 3.63) is 0 Å². The molecular formula is C14H24BrNO. The number of halogens is 1. The Bertz CT molecular complexity index is 287. The van der Waals surface area contributed by atoms with E-state index in [1.165, 1.54) is 19.3 Å². The molecule has 98 valence electrons. The van der Waals surface area contributed by atoms with Gasteiger partial charge in [0.2, 0.25) is 5.91 Å². The number of nitrogens with one attached hydrogen (secondary N) is 1. The summed E-state index contributed by atoms with van der Waals surface area (Å²) < 4.78 is 0. The lowest BCUT2D eigenvalue weighted by molar-refractivity contribution is -0.124. The van der Waals surface area contributed by atoms with Crippen LogP contribution < -0.4 is 5.32 Å². The van der Waals surface area contributed by atoms with Gasteiger partial charge < -0.3 is 5.32 Å². The number of carbonyl (C=O) groups is 1. The van der Waals surface area contributed by atoms with E-state index in [4.69, 9.17) is 0 Å². The summed E-state index contributed by atoms with van der Waals surface area (Å²) in [4.78, 5) is 12.2. The molecule has 2 aliphatic carbocycles. The van der Waals surface area contributed by atoms with Gasteiger partial charge in [0.05, 0.1) is 0 Å². The van der Waals surface area contributed by atoms with Crippen LogP contribution in [-0.2, 0) is 4.79 Å². The Morgan fingerprint density at radius 1 is 1.35 bits per heavy atom. The number of alkyl halides is 1. The maximum Gasteiger partial charge on any atom is 0.223 e. The van der Waals surface area contributed by atoms with Gasteiger partial charge in [-0.3, -0.25) is 4.79 Å². The van der Waals surface area contributed by atoms with Gasteiger partial charge in [-0.15, -0.1) is 0 Å². The highest BCUT2D eigenvalue weighted by atomic mass is 79.9. The molecule has 17 heavy (non-hydrogen) atoms. The van der Waals surface area contributed by atoms with Crippen molar-refractivity contribution >= 4 is 21.8 Å². The van der Waals surface area contributed by atoms with Crippen molar-refractivity contribution in [2.75, 3.05) is 5.33 Å². The first-order valence-electron chi connectivity index (χ1n) is 6.81. The van der Waals surface area contributed by atoms with Crippen molar-refractivity contribution < 1.29 is 4.79 Å². The molecule has 2 aliphatic rings. The average Bonchev–Trinajstić information content (AvgIpc) is 2.71. The normalized spacial score (nSPS) is 33.1. The minimum atomic E-state index is 0.146. The lowest BCUT2D eigenvalue weighted by Gasteiger charge is -2.31. The molecule has 2 saturated carbocycles. The zero-order valence-corrected chi connectivity index (χ0v) is 12.7. The zero-order chi connectivity index (χ0) is 12.6. The molecule has 3 atom stereocenters. The van der Waals surface area contributed by atoms with E-state index in [2.05, 4.69) is 42.0 Å². The van der Waals surface area contributed by atoms with Gasteiger partial charge in [0, 0.05) is 17.3 Å². The second-order valence-electron chi connectivity index (χ2n) is 6.69. The molecule has 0 aliphatic heterocycles. The Morgan fingerprint density at radius 2 is 1.94 bits per heavy atom. The highest BCUT2D eigenvalue weighted by molar-refractivity contribution is 9.09. The predicted molar refractivity (Wildman–Crippen MR) is 74.1 cm³/mol. The van der Waals surface area contributed by atoms with Crippen molar-refractivity contribution in [3.63, 3.8) is 0 Å². The lowest BCUT2D eigenvalue weighted by Crippen LogP contribution is -2.45.